The predicted octanol–water partition coefficient (Wildman–Crippen LogP) is 3.81. The summed E-state index contributed by atoms with van der Waals surface area (Å²) in [7, 11) is 0. The summed E-state index contributed by atoms with van der Waals surface area (Å²) in [6.07, 6.45) is 5.44. The molecule has 2 heteroatoms. The van der Waals surface area contributed by atoms with E-state index in [4.69, 9.17) is 4.74 Å². The highest BCUT2D eigenvalue weighted by atomic mass is 16.5. The number of hydrogen-bond acceptors (Lipinski definition) is 2. The molecule has 1 saturated heterocycles. The van der Waals surface area contributed by atoms with E-state index < -0.39 is 0 Å². The van der Waals surface area contributed by atoms with E-state index >= 15 is 0 Å². The van der Waals surface area contributed by atoms with Gasteiger partial charge in [0.1, 0.15) is 0 Å². The Labute approximate surface area is 120 Å². The molecule has 2 aliphatic rings. The summed E-state index contributed by atoms with van der Waals surface area (Å²) in [5.74, 6) is 0. The first-order valence-corrected chi connectivity index (χ1v) is 7.70. The van der Waals surface area contributed by atoms with Gasteiger partial charge in [-0.15, -0.1) is 0 Å². The van der Waals surface area contributed by atoms with Crippen molar-refractivity contribution in [3.63, 3.8) is 0 Å². The summed E-state index contributed by atoms with van der Waals surface area (Å²) in [6.45, 7) is 1.81. The van der Waals surface area contributed by atoms with Crippen LogP contribution >= 0.6 is 0 Å². The third kappa shape index (κ3) is 2.13. The first kappa shape index (κ1) is 12.4. The minimum atomic E-state index is 0.200. The molecular formula is C18H21NO. The van der Waals surface area contributed by atoms with Crippen LogP contribution in [-0.2, 0) is 4.74 Å². The van der Waals surface area contributed by atoms with Crippen molar-refractivity contribution < 1.29 is 4.74 Å². The highest BCUT2D eigenvalue weighted by molar-refractivity contribution is 5.83. The molecule has 1 heterocycles. The van der Waals surface area contributed by atoms with Crippen molar-refractivity contribution in [2.24, 2.45) is 0 Å². The minimum Gasteiger partial charge on any atom is -0.370 e. The second-order valence-electron chi connectivity index (χ2n) is 6.27. The molecule has 20 heavy (non-hydrogen) atoms. The molecule has 0 amide bonds. The third-order valence-electron chi connectivity index (χ3n) is 4.93. The van der Waals surface area contributed by atoms with Crippen molar-refractivity contribution in [2.45, 2.75) is 37.3 Å². The predicted molar refractivity (Wildman–Crippen MR) is 81.8 cm³/mol. The first-order chi connectivity index (χ1) is 9.85. The van der Waals surface area contributed by atoms with Crippen LogP contribution in [0.2, 0.25) is 0 Å². The Hall–Kier alpha value is -1.38. The normalized spacial score (nSPS) is 25.3. The Kier molecular flexibility index (Phi) is 3.01. The lowest BCUT2D eigenvalue weighted by Crippen LogP contribution is -2.53. The van der Waals surface area contributed by atoms with Gasteiger partial charge < -0.3 is 10.1 Å². The van der Waals surface area contributed by atoms with Gasteiger partial charge in [-0.05, 0) is 35.2 Å². The summed E-state index contributed by atoms with van der Waals surface area (Å²) < 4.78 is 6.19. The summed E-state index contributed by atoms with van der Waals surface area (Å²) in [5.41, 5.74) is 1.58. The lowest BCUT2D eigenvalue weighted by molar-refractivity contribution is -0.0325. The molecule has 0 aromatic heterocycles. The number of nitrogens with one attached hydrogen (secondary N) is 1. The standard InChI is InChI=1S/C18H21NO/c1-2-6-15-11-16(8-7-14(15)5-1)17-12-19-18(13-20-17)9-3-4-10-18/h1-2,5-8,11,17,19H,3-4,9-10,12-13H2. The van der Waals surface area contributed by atoms with Crippen molar-refractivity contribution >= 4 is 10.8 Å². The molecule has 104 valence electrons. The molecule has 0 radical (unpaired) electrons. The van der Waals surface area contributed by atoms with Crippen LogP contribution < -0.4 is 5.32 Å². The zero-order valence-electron chi connectivity index (χ0n) is 11.8. The van der Waals surface area contributed by atoms with Crippen LogP contribution in [0.3, 0.4) is 0 Å². The quantitative estimate of drug-likeness (QED) is 0.848. The van der Waals surface area contributed by atoms with Crippen molar-refractivity contribution in [1.82, 2.24) is 5.32 Å². The fourth-order valence-electron chi connectivity index (χ4n) is 3.67. The van der Waals surface area contributed by atoms with Gasteiger partial charge in [0.15, 0.2) is 0 Å². The molecule has 1 atom stereocenters. The van der Waals surface area contributed by atoms with E-state index in [2.05, 4.69) is 47.8 Å². The average molecular weight is 267 g/mol. The fourth-order valence-corrected chi connectivity index (χ4v) is 3.67. The molecule has 1 spiro atoms. The van der Waals surface area contributed by atoms with Gasteiger partial charge in [-0.2, -0.15) is 0 Å². The highest BCUT2D eigenvalue weighted by Crippen LogP contribution is 2.35. The molecule has 2 aromatic rings. The molecule has 2 fully saturated rings. The molecule has 1 unspecified atom stereocenters. The molecular weight excluding hydrogens is 246 g/mol. The van der Waals surface area contributed by atoms with Gasteiger partial charge in [0.2, 0.25) is 0 Å². The molecule has 1 N–H and O–H groups in total. The number of morpholine rings is 1. The third-order valence-corrected chi connectivity index (χ3v) is 4.93. The number of hydrogen-bond donors (Lipinski definition) is 1. The number of benzene rings is 2. The molecule has 1 aliphatic heterocycles. The monoisotopic (exact) mass is 267 g/mol. The van der Waals surface area contributed by atoms with Crippen molar-refractivity contribution in [3.05, 3.63) is 48.0 Å². The van der Waals surface area contributed by atoms with Crippen LogP contribution in [0.25, 0.3) is 10.8 Å². The largest absolute Gasteiger partial charge is 0.370 e. The Morgan fingerprint density at radius 2 is 1.80 bits per heavy atom. The van der Waals surface area contributed by atoms with E-state index in [1.807, 2.05) is 0 Å². The van der Waals surface area contributed by atoms with Crippen LogP contribution in [0.4, 0.5) is 0 Å². The minimum absolute atomic E-state index is 0.200. The Morgan fingerprint density at radius 3 is 2.55 bits per heavy atom. The van der Waals surface area contributed by atoms with Gasteiger partial charge in [0.25, 0.3) is 0 Å². The summed E-state index contributed by atoms with van der Waals surface area (Å²) in [5, 5.41) is 6.37. The summed E-state index contributed by atoms with van der Waals surface area (Å²) in [6, 6.07) is 15.2. The van der Waals surface area contributed by atoms with Crippen LogP contribution in [0.5, 0.6) is 0 Å². The lowest BCUT2D eigenvalue weighted by atomic mass is 9.95. The number of ether oxygens (including phenoxy) is 1. The van der Waals surface area contributed by atoms with Crippen molar-refractivity contribution in [3.8, 4) is 0 Å². The first-order valence-electron chi connectivity index (χ1n) is 7.70. The molecule has 4 rings (SSSR count). The Morgan fingerprint density at radius 1 is 1.00 bits per heavy atom. The fraction of sp³-hybridized carbons (Fsp3) is 0.444. The van der Waals surface area contributed by atoms with E-state index in [0.29, 0.717) is 0 Å². The van der Waals surface area contributed by atoms with E-state index in [-0.39, 0.29) is 11.6 Å². The SMILES string of the molecule is c1ccc2cc(C3CNC4(CCCC4)CO3)ccc2c1. The lowest BCUT2D eigenvalue weighted by Gasteiger charge is -2.38. The van der Waals surface area contributed by atoms with E-state index in [1.54, 1.807) is 0 Å². The van der Waals surface area contributed by atoms with Crippen molar-refractivity contribution in [1.29, 1.82) is 0 Å². The molecule has 0 bridgehead atoms. The summed E-state index contributed by atoms with van der Waals surface area (Å²) >= 11 is 0. The Bertz CT molecular complexity index is 606. The smallest absolute Gasteiger partial charge is 0.0950 e. The van der Waals surface area contributed by atoms with Crippen LogP contribution in [0.1, 0.15) is 37.4 Å². The molecule has 1 saturated carbocycles. The van der Waals surface area contributed by atoms with Gasteiger partial charge in [-0.3, -0.25) is 0 Å². The molecule has 1 aliphatic carbocycles. The van der Waals surface area contributed by atoms with Gasteiger partial charge in [-0.1, -0.05) is 49.2 Å². The number of fused-ring (bicyclic) bond motifs is 1. The average Bonchev–Trinajstić information content (AvgIpc) is 2.96. The highest BCUT2D eigenvalue weighted by Gasteiger charge is 2.38. The maximum atomic E-state index is 6.19. The van der Waals surface area contributed by atoms with Gasteiger partial charge >= 0.3 is 0 Å². The number of rotatable bonds is 1. The van der Waals surface area contributed by atoms with E-state index in [0.717, 1.165) is 13.2 Å². The van der Waals surface area contributed by atoms with E-state index in [9.17, 15) is 0 Å². The zero-order valence-corrected chi connectivity index (χ0v) is 11.8. The second kappa shape index (κ2) is 4.87. The van der Waals surface area contributed by atoms with Gasteiger partial charge in [0.05, 0.1) is 12.7 Å². The van der Waals surface area contributed by atoms with Crippen LogP contribution in [0, 0.1) is 0 Å². The maximum Gasteiger partial charge on any atom is 0.0950 e. The van der Waals surface area contributed by atoms with Crippen LogP contribution in [0.15, 0.2) is 42.5 Å². The second-order valence-corrected chi connectivity index (χ2v) is 6.27. The maximum absolute atomic E-state index is 6.19. The Balaban J connectivity index is 1.55. The van der Waals surface area contributed by atoms with Gasteiger partial charge in [-0.25, -0.2) is 0 Å². The molecule has 2 nitrogen and oxygen atoms in total. The topological polar surface area (TPSA) is 21.3 Å². The molecule has 2 aromatic carbocycles. The van der Waals surface area contributed by atoms with Crippen molar-refractivity contribution in [2.75, 3.05) is 13.2 Å². The zero-order chi connectivity index (χ0) is 13.4. The van der Waals surface area contributed by atoms with E-state index in [1.165, 1.54) is 42.0 Å². The summed E-state index contributed by atoms with van der Waals surface area (Å²) in [4.78, 5) is 0. The van der Waals surface area contributed by atoms with Crippen LogP contribution in [-0.4, -0.2) is 18.7 Å². The van der Waals surface area contributed by atoms with Gasteiger partial charge in [0, 0.05) is 12.1 Å².